The molecule has 1 aromatic carbocycles. The van der Waals surface area contributed by atoms with Gasteiger partial charge in [0, 0.05) is 13.1 Å². The zero-order valence-electron chi connectivity index (χ0n) is 11.2. The van der Waals surface area contributed by atoms with Gasteiger partial charge in [0.1, 0.15) is 15.0 Å². The Morgan fingerprint density at radius 2 is 1.81 bits per heavy atom. The lowest BCUT2D eigenvalue weighted by molar-refractivity contribution is 0.398. The summed E-state index contributed by atoms with van der Waals surface area (Å²) in [6, 6.07) is 6.55. The molecule has 2 aromatic rings. The average molecular weight is 368 g/mol. The van der Waals surface area contributed by atoms with Crippen molar-refractivity contribution in [3.8, 4) is 0 Å². The van der Waals surface area contributed by atoms with Crippen molar-refractivity contribution in [3.05, 3.63) is 50.4 Å². The Labute approximate surface area is 137 Å². The van der Waals surface area contributed by atoms with Crippen LogP contribution in [0.25, 0.3) is 0 Å². The summed E-state index contributed by atoms with van der Waals surface area (Å²) in [5.41, 5.74) is 0.680. The fraction of sp³-hybridized carbons (Fsp3) is 0.231. The lowest BCUT2D eigenvalue weighted by atomic mass is 10.1. The number of thiophene rings is 1. The van der Waals surface area contributed by atoms with E-state index in [4.69, 9.17) is 23.2 Å². The number of sulfonamides is 1. The van der Waals surface area contributed by atoms with Gasteiger partial charge in [-0.25, -0.2) is 12.8 Å². The van der Waals surface area contributed by atoms with Crippen molar-refractivity contribution < 1.29 is 12.8 Å². The molecule has 21 heavy (non-hydrogen) atoms. The molecule has 2 rings (SSSR count). The number of halogens is 3. The summed E-state index contributed by atoms with van der Waals surface area (Å²) in [6.45, 7) is 1.71. The molecule has 1 aromatic heterocycles. The number of hydrogen-bond acceptors (Lipinski definition) is 3. The van der Waals surface area contributed by atoms with Crippen LogP contribution in [0.4, 0.5) is 4.39 Å². The van der Waals surface area contributed by atoms with E-state index in [0.717, 1.165) is 11.3 Å². The monoisotopic (exact) mass is 367 g/mol. The SMILES string of the molecule is CC(c1ccc(F)cc1)N(C)S(=O)(=O)c1cc(Cl)sc1Cl. The molecule has 8 heteroatoms. The Morgan fingerprint density at radius 3 is 2.29 bits per heavy atom. The molecular weight excluding hydrogens is 356 g/mol. The quantitative estimate of drug-likeness (QED) is 0.793. The maximum Gasteiger partial charge on any atom is 0.245 e. The van der Waals surface area contributed by atoms with E-state index >= 15 is 0 Å². The van der Waals surface area contributed by atoms with E-state index in [1.54, 1.807) is 19.1 Å². The molecule has 0 fully saturated rings. The van der Waals surface area contributed by atoms with E-state index < -0.39 is 16.1 Å². The maximum absolute atomic E-state index is 12.9. The van der Waals surface area contributed by atoms with Crippen molar-refractivity contribution in [2.24, 2.45) is 0 Å². The molecule has 1 unspecified atom stereocenters. The summed E-state index contributed by atoms with van der Waals surface area (Å²) in [5, 5.41) is 0. The minimum absolute atomic E-state index is 0.0179. The van der Waals surface area contributed by atoms with Gasteiger partial charge < -0.3 is 0 Å². The second-order valence-electron chi connectivity index (χ2n) is 4.44. The predicted molar refractivity (Wildman–Crippen MR) is 84.1 cm³/mol. The summed E-state index contributed by atoms with van der Waals surface area (Å²) in [7, 11) is -2.32. The number of nitrogens with zero attached hydrogens (tertiary/aromatic N) is 1. The topological polar surface area (TPSA) is 37.4 Å². The Hall–Kier alpha value is -0.660. The van der Waals surface area contributed by atoms with Crippen LogP contribution in [0.2, 0.25) is 8.67 Å². The lowest BCUT2D eigenvalue weighted by Gasteiger charge is -2.24. The third kappa shape index (κ3) is 3.40. The number of hydrogen-bond donors (Lipinski definition) is 0. The lowest BCUT2D eigenvalue weighted by Crippen LogP contribution is -2.29. The number of benzene rings is 1. The summed E-state index contributed by atoms with van der Waals surface area (Å²) in [4.78, 5) is -0.0179. The van der Waals surface area contributed by atoms with Gasteiger partial charge in [-0.05, 0) is 30.7 Å². The zero-order valence-corrected chi connectivity index (χ0v) is 14.3. The molecule has 0 amide bonds. The molecule has 0 aliphatic heterocycles. The van der Waals surface area contributed by atoms with E-state index in [2.05, 4.69) is 0 Å². The average Bonchev–Trinajstić information content (AvgIpc) is 2.77. The van der Waals surface area contributed by atoms with Gasteiger partial charge in [-0.15, -0.1) is 11.3 Å². The molecule has 0 aliphatic rings. The highest BCUT2D eigenvalue weighted by Crippen LogP contribution is 2.37. The maximum atomic E-state index is 12.9. The highest BCUT2D eigenvalue weighted by molar-refractivity contribution is 7.89. The van der Waals surface area contributed by atoms with E-state index in [-0.39, 0.29) is 15.0 Å². The van der Waals surface area contributed by atoms with Gasteiger partial charge in [-0.1, -0.05) is 35.3 Å². The fourth-order valence-electron chi connectivity index (χ4n) is 1.82. The van der Waals surface area contributed by atoms with Gasteiger partial charge in [0.05, 0.1) is 4.34 Å². The first-order valence-electron chi connectivity index (χ1n) is 5.92. The summed E-state index contributed by atoms with van der Waals surface area (Å²) >= 11 is 12.7. The highest BCUT2D eigenvalue weighted by atomic mass is 35.5. The molecule has 0 saturated heterocycles. The fourth-order valence-corrected chi connectivity index (χ4v) is 5.28. The summed E-state index contributed by atoms with van der Waals surface area (Å²) < 4.78 is 39.7. The van der Waals surface area contributed by atoms with Crippen molar-refractivity contribution in [1.82, 2.24) is 4.31 Å². The van der Waals surface area contributed by atoms with E-state index in [1.165, 1.54) is 29.6 Å². The Bertz CT molecular complexity index is 744. The summed E-state index contributed by atoms with van der Waals surface area (Å²) in [5.74, 6) is -0.371. The van der Waals surface area contributed by atoms with E-state index in [0.29, 0.717) is 9.90 Å². The van der Waals surface area contributed by atoms with Crippen LogP contribution in [0.5, 0.6) is 0 Å². The molecule has 0 bridgehead atoms. The predicted octanol–water partition coefficient (Wildman–Crippen LogP) is 4.58. The molecule has 3 nitrogen and oxygen atoms in total. The first-order chi connectivity index (χ1) is 9.73. The van der Waals surface area contributed by atoms with Gasteiger partial charge in [-0.3, -0.25) is 0 Å². The molecule has 1 heterocycles. The van der Waals surface area contributed by atoms with Crippen LogP contribution in [-0.2, 0) is 10.0 Å². The second kappa shape index (κ2) is 6.22. The summed E-state index contributed by atoms with van der Waals surface area (Å²) in [6.07, 6.45) is 0. The van der Waals surface area contributed by atoms with Crippen LogP contribution in [0.3, 0.4) is 0 Å². The van der Waals surface area contributed by atoms with Gasteiger partial charge in [-0.2, -0.15) is 4.31 Å². The van der Waals surface area contributed by atoms with Crippen molar-refractivity contribution in [1.29, 1.82) is 0 Å². The number of rotatable bonds is 4. The Balaban J connectivity index is 2.36. The van der Waals surface area contributed by atoms with Crippen molar-refractivity contribution in [2.75, 3.05) is 7.05 Å². The Morgan fingerprint density at radius 1 is 1.24 bits per heavy atom. The molecule has 0 N–H and O–H groups in total. The van der Waals surface area contributed by atoms with Crippen molar-refractivity contribution in [3.63, 3.8) is 0 Å². The molecular formula is C13H12Cl2FNO2S2. The molecule has 0 spiro atoms. The van der Waals surface area contributed by atoms with Crippen LogP contribution < -0.4 is 0 Å². The smallest absolute Gasteiger partial charge is 0.207 e. The third-order valence-corrected chi connectivity index (χ3v) is 6.86. The molecule has 114 valence electrons. The van der Waals surface area contributed by atoms with E-state index in [1.807, 2.05) is 0 Å². The van der Waals surface area contributed by atoms with Gasteiger partial charge in [0.25, 0.3) is 0 Å². The minimum Gasteiger partial charge on any atom is -0.207 e. The Kier molecular flexibility index (Phi) is 4.95. The first kappa shape index (κ1) is 16.7. The minimum atomic E-state index is -3.77. The van der Waals surface area contributed by atoms with E-state index in [9.17, 15) is 12.8 Å². The van der Waals surface area contributed by atoms with Crippen LogP contribution in [0.1, 0.15) is 18.5 Å². The van der Waals surface area contributed by atoms with Crippen LogP contribution >= 0.6 is 34.5 Å². The second-order valence-corrected chi connectivity index (χ2v) is 8.69. The molecule has 1 atom stereocenters. The van der Waals surface area contributed by atoms with Gasteiger partial charge >= 0.3 is 0 Å². The molecule has 0 radical (unpaired) electrons. The molecule has 0 saturated carbocycles. The largest absolute Gasteiger partial charge is 0.245 e. The van der Waals surface area contributed by atoms with Crippen LogP contribution in [-0.4, -0.2) is 19.8 Å². The van der Waals surface area contributed by atoms with Crippen molar-refractivity contribution >= 4 is 44.6 Å². The standard InChI is InChI=1S/C13H12Cl2FNO2S2/c1-8(9-3-5-10(16)6-4-9)17(2)21(18,19)11-7-12(14)20-13(11)15/h3-8H,1-2H3. The van der Waals surface area contributed by atoms with Crippen LogP contribution in [0, 0.1) is 5.82 Å². The molecule has 0 aliphatic carbocycles. The van der Waals surface area contributed by atoms with Crippen molar-refractivity contribution in [2.45, 2.75) is 17.9 Å². The highest BCUT2D eigenvalue weighted by Gasteiger charge is 2.29. The van der Waals surface area contributed by atoms with Gasteiger partial charge in [0.2, 0.25) is 10.0 Å². The first-order valence-corrected chi connectivity index (χ1v) is 8.93. The van der Waals surface area contributed by atoms with Gasteiger partial charge in [0.15, 0.2) is 0 Å². The third-order valence-electron chi connectivity index (χ3n) is 3.18. The zero-order chi connectivity index (χ0) is 15.8. The van der Waals surface area contributed by atoms with Crippen LogP contribution in [0.15, 0.2) is 35.2 Å². The normalized spacial score (nSPS) is 13.6.